The molecule has 0 amide bonds. The number of piperidine rings is 1. The molecule has 3 N–H and O–H groups in total. The molecule has 3 aromatic rings. The molecule has 2 aliphatic rings. The molecule has 0 spiro atoms. The van der Waals surface area contributed by atoms with E-state index < -0.39 is 0 Å². The third-order valence-electron chi connectivity index (χ3n) is 6.22. The summed E-state index contributed by atoms with van der Waals surface area (Å²) in [6.07, 6.45) is 4.85. The Balaban J connectivity index is 1.41. The number of hydrogen-bond donors (Lipinski definition) is 3. The lowest BCUT2D eigenvalue weighted by atomic mass is 9.98. The number of rotatable bonds is 3. The van der Waals surface area contributed by atoms with Crippen molar-refractivity contribution in [1.29, 1.82) is 0 Å². The van der Waals surface area contributed by atoms with Gasteiger partial charge in [0, 0.05) is 30.7 Å². The molecule has 1 aromatic heterocycles. The van der Waals surface area contributed by atoms with E-state index >= 15 is 0 Å². The molecule has 0 saturated carbocycles. The summed E-state index contributed by atoms with van der Waals surface area (Å²) in [6, 6.07) is 14.3. The molecule has 0 radical (unpaired) electrons. The molecule has 0 aliphatic carbocycles. The van der Waals surface area contributed by atoms with Gasteiger partial charge in [-0.2, -0.15) is 0 Å². The van der Waals surface area contributed by atoms with Crippen LogP contribution >= 0.6 is 0 Å². The Kier molecular flexibility index (Phi) is 4.09. The summed E-state index contributed by atoms with van der Waals surface area (Å²) in [5, 5.41) is 34.3. The molecule has 2 aromatic carbocycles. The van der Waals surface area contributed by atoms with Gasteiger partial charge in [-0.25, -0.2) is 0 Å². The van der Waals surface area contributed by atoms with Gasteiger partial charge in [0.05, 0.1) is 5.69 Å². The van der Waals surface area contributed by atoms with Crippen molar-refractivity contribution in [1.82, 2.24) is 15.5 Å². The van der Waals surface area contributed by atoms with Crippen LogP contribution in [0.2, 0.25) is 0 Å². The maximum atomic E-state index is 10.4. The summed E-state index contributed by atoms with van der Waals surface area (Å²) in [5.74, 6) is 1.17. The van der Waals surface area contributed by atoms with Crippen LogP contribution in [0.25, 0.3) is 22.0 Å². The molecular formula is C22H24N4O2. The number of nitrogens with one attached hydrogen (secondary N) is 1. The first-order chi connectivity index (χ1) is 13.6. The molecule has 2 fully saturated rings. The van der Waals surface area contributed by atoms with E-state index in [0.717, 1.165) is 29.4 Å². The lowest BCUT2D eigenvalue weighted by Gasteiger charge is -2.36. The zero-order chi connectivity index (χ0) is 19.3. The highest BCUT2D eigenvalue weighted by atomic mass is 16.3. The van der Waals surface area contributed by atoms with E-state index in [1.807, 2.05) is 24.3 Å². The van der Waals surface area contributed by atoms with E-state index in [1.54, 1.807) is 18.2 Å². The van der Waals surface area contributed by atoms with Crippen molar-refractivity contribution >= 4 is 16.6 Å². The van der Waals surface area contributed by atoms with Crippen LogP contribution in [0.1, 0.15) is 25.7 Å². The molecule has 3 heterocycles. The van der Waals surface area contributed by atoms with Gasteiger partial charge in [0.25, 0.3) is 0 Å². The average molecular weight is 376 g/mol. The van der Waals surface area contributed by atoms with Gasteiger partial charge in [-0.3, -0.25) is 0 Å². The first-order valence-corrected chi connectivity index (χ1v) is 9.85. The standard InChI is InChI=1S/C22H24N4O2/c1-26(17-11-15-3-4-16(12-17)23-15)22-7-6-20(24-25-22)19-9-13-2-5-18(27)8-14(13)10-21(19)28/h2,5-10,15-17,23,27-28H,3-4,11-12H2,1H3/t15-,16+,17-. The number of benzene rings is 2. The van der Waals surface area contributed by atoms with Gasteiger partial charge in [-0.1, -0.05) is 6.07 Å². The molecule has 144 valence electrons. The van der Waals surface area contributed by atoms with Crippen LogP contribution in [0.15, 0.2) is 42.5 Å². The van der Waals surface area contributed by atoms with Gasteiger partial charge >= 0.3 is 0 Å². The van der Waals surface area contributed by atoms with Gasteiger partial charge in [0.2, 0.25) is 0 Å². The first kappa shape index (κ1) is 17.3. The fourth-order valence-corrected chi connectivity index (χ4v) is 4.67. The Morgan fingerprint density at radius 2 is 1.71 bits per heavy atom. The number of phenolic OH excluding ortho intramolecular Hbond substituents is 2. The predicted molar refractivity (Wildman–Crippen MR) is 110 cm³/mol. The summed E-state index contributed by atoms with van der Waals surface area (Å²) in [5.41, 5.74) is 1.27. The summed E-state index contributed by atoms with van der Waals surface area (Å²) in [6.45, 7) is 0. The Bertz CT molecular complexity index is 1010. The van der Waals surface area contributed by atoms with E-state index in [0.29, 0.717) is 29.4 Å². The Labute approximate surface area is 163 Å². The monoisotopic (exact) mass is 376 g/mol. The van der Waals surface area contributed by atoms with Crippen molar-refractivity contribution in [2.24, 2.45) is 0 Å². The largest absolute Gasteiger partial charge is 0.508 e. The van der Waals surface area contributed by atoms with Gasteiger partial charge in [0.1, 0.15) is 11.5 Å². The highest BCUT2D eigenvalue weighted by Crippen LogP contribution is 2.34. The van der Waals surface area contributed by atoms with E-state index in [1.165, 1.54) is 12.8 Å². The van der Waals surface area contributed by atoms with Crippen LogP contribution in [0.5, 0.6) is 11.5 Å². The summed E-state index contributed by atoms with van der Waals surface area (Å²) >= 11 is 0. The van der Waals surface area contributed by atoms with Gasteiger partial charge < -0.3 is 20.4 Å². The maximum absolute atomic E-state index is 10.4. The minimum atomic E-state index is 0.128. The number of fused-ring (bicyclic) bond motifs is 3. The Hall–Kier alpha value is -2.86. The van der Waals surface area contributed by atoms with Gasteiger partial charge in [-0.05, 0) is 72.9 Å². The SMILES string of the molecule is CN(c1ccc(-c2cc3ccc(O)cc3cc2O)nn1)[C@@H]1C[C@H]2CC[C@@H](C1)N2. The predicted octanol–water partition coefficient (Wildman–Crippen LogP) is 3.43. The second kappa shape index (κ2) is 6.63. The molecule has 6 nitrogen and oxygen atoms in total. The van der Waals surface area contributed by atoms with Crippen molar-refractivity contribution in [3.05, 3.63) is 42.5 Å². The zero-order valence-electron chi connectivity index (χ0n) is 15.8. The molecular weight excluding hydrogens is 352 g/mol. The topological polar surface area (TPSA) is 81.5 Å². The number of hydrogen-bond acceptors (Lipinski definition) is 6. The van der Waals surface area contributed by atoms with E-state index in [-0.39, 0.29) is 11.5 Å². The minimum Gasteiger partial charge on any atom is -0.508 e. The highest BCUT2D eigenvalue weighted by molar-refractivity contribution is 5.90. The lowest BCUT2D eigenvalue weighted by Crippen LogP contribution is -2.47. The van der Waals surface area contributed by atoms with Gasteiger partial charge in [0.15, 0.2) is 5.82 Å². The number of phenols is 2. The van der Waals surface area contributed by atoms with Crippen molar-refractivity contribution in [3.63, 3.8) is 0 Å². The fourth-order valence-electron chi connectivity index (χ4n) is 4.67. The number of nitrogens with zero attached hydrogens (tertiary/aromatic N) is 3. The molecule has 2 bridgehead atoms. The molecule has 0 unspecified atom stereocenters. The quantitative estimate of drug-likeness (QED) is 0.650. The average Bonchev–Trinajstić information content (AvgIpc) is 3.04. The molecule has 6 heteroatoms. The maximum Gasteiger partial charge on any atom is 0.151 e. The van der Waals surface area contributed by atoms with E-state index in [2.05, 4.69) is 27.5 Å². The Morgan fingerprint density at radius 1 is 0.929 bits per heavy atom. The molecule has 2 saturated heterocycles. The number of anilines is 1. The fraction of sp³-hybridized carbons (Fsp3) is 0.364. The Morgan fingerprint density at radius 3 is 2.43 bits per heavy atom. The van der Waals surface area contributed by atoms with Crippen LogP contribution in [-0.4, -0.2) is 45.6 Å². The second-order valence-electron chi connectivity index (χ2n) is 8.05. The first-order valence-electron chi connectivity index (χ1n) is 9.85. The number of aromatic hydroxyl groups is 2. The zero-order valence-corrected chi connectivity index (χ0v) is 15.8. The van der Waals surface area contributed by atoms with Crippen molar-refractivity contribution in [2.75, 3.05) is 11.9 Å². The van der Waals surface area contributed by atoms with Crippen molar-refractivity contribution < 1.29 is 10.2 Å². The van der Waals surface area contributed by atoms with Gasteiger partial charge in [-0.15, -0.1) is 10.2 Å². The molecule has 5 rings (SSSR count). The minimum absolute atomic E-state index is 0.128. The summed E-state index contributed by atoms with van der Waals surface area (Å²) in [4.78, 5) is 2.24. The van der Waals surface area contributed by atoms with Crippen molar-refractivity contribution in [3.8, 4) is 22.8 Å². The molecule has 2 aliphatic heterocycles. The summed E-state index contributed by atoms with van der Waals surface area (Å²) < 4.78 is 0. The molecule has 28 heavy (non-hydrogen) atoms. The van der Waals surface area contributed by atoms with Crippen molar-refractivity contribution in [2.45, 2.75) is 43.8 Å². The third-order valence-corrected chi connectivity index (χ3v) is 6.22. The van der Waals surface area contributed by atoms with Crippen LogP contribution in [0.3, 0.4) is 0 Å². The highest BCUT2D eigenvalue weighted by Gasteiger charge is 2.35. The number of aromatic nitrogens is 2. The van der Waals surface area contributed by atoms with E-state index in [4.69, 9.17) is 0 Å². The van der Waals surface area contributed by atoms with Crippen LogP contribution in [-0.2, 0) is 0 Å². The van der Waals surface area contributed by atoms with Crippen LogP contribution in [0, 0.1) is 0 Å². The van der Waals surface area contributed by atoms with Crippen LogP contribution in [0.4, 0.5) is 5.82 Å². The van der Waals surface area contributed by atoms with Crippen LogP contribution < -0.4 is 10.2 Å². The third kappa shape index (κ3) is 3.03. The second-order valence-corrected chi connectivity index (χ2v) is 8.05. The van der Waals surface area contributed by atoms with E-state index in [9.17, 15) is 10.2 Å². The smallest absolute Gasteiger partial charge is 0.151 e. The molecule has 3 atom stereocenters. The summed E-state index contributed by atoms with van der Waals surface area (Å²) in [7, 11) is 2.10. The normalized spacial score (nSPS) is 23.8. The lowest BCUT2D eigenvalue weighted by molar-refractivity contribution is 0.353.